The highest BCUT2D eigenvalue weighted by Gasteiger charge is 2.29. The zero-order valence-electron chi connectivity index (χ0n) is 18.1. The maximum atomic E-state index is 6.30. The molecule has 4 aromatic rings. The molecule has 0 saturated heterocycles. The second-order valence-corrected chi connectivity index (χ2v) is 10.8. The number of benzene rings is 2. The largest absolute Gasteiger partial charge is 0.460 e. The van der Waals surface area contributed by atoms with Crippen LogP contribution < -0.4 is 0 Å². The Bertz CT molecular complexity index is 1160. The first-order valence-corrected chi connectivity index (χ1v) is 10.9. The molecular weight excluding hydrogens is 360 g/mol. The van der Waals surface area contributed by atoms with E-state index in [1.165, 1.54) is 37.0 Å². The number of thiophene rings is 1. The summed E-state index contributed by atoms with van der Waals surface area (Å²) in [5, 5.41) is 2.63. The van der Waals surface area contributed by atoms with Crippen LogP contribution in [0, 0.1) is 13.8 Å². The summed E-state index contributed by atoms with van der Waals surface area (Å²) in [4.78, 5) is 1.49. The van der Waals surface area contributed by atoms with Crippen molar-refractivity contribution in [2.45, 2.75) is 65.7 Å². The first-order chi connectivity index (χ1) is 13.1. The standard InChI is InChI=1S/C26H30OS/c1-16-19-10-8-9-11-21(19)27-23(16)26(6,7)15-18-12-13-22-20(14-18)17(2)24(28-22)25(3,4)5/h8-14H,15H2,1-7H3. The van der Waals surface area contributed by atoms with Gasteiger partial charge in [-0.05, 0) is 59.9 Å². The molecule has 0 spiro atoms. The van der Waals surface area contributed by atoms with E-state index in [0.717, 1.165) is 17.8 Å². The number of fused-ring (bicyclic) bond motifs is 2. The van der Waals surface area contributed by atoms with Gasteiger partial charge < -0.3 is 4.42 Å². The van der Waals surface area contributed by atoms with Gasteiger partial charge in [-0.3, -0.25) is 0 Å². The molecule has 0 atom stereocenters. The zero-order valence-corrected chi connectivity index (χ0v) is 18.9. The predicted octanol–water partition coefficient (Wildman–Crippen LogP) is 8.08. The van der Waals surface area contributed by atoms with E-state index in [-0.39, 0.29) is 10.8 Å². The highest BCUT2D eigenvalue weighted by molar-refractivity contribution is 7.19. The van der Waals surface area contributed by atoms with Gasteiger partial charge in [0.1, 0.15) is 11.3 Å². The summed E-state index contributed by atoms with van der Waals surface area (Å²) in [6, 6.07) is 15.4. The highest BCUT2D eigenvalue weighted by Crippen LogP contribution is 2.40. The van der Waals surface area contributed by atoms with E-state index < -0.39 is 0 Å². The van der Waals surface area contributed by atoms with Crippen LogP contribution in [0.2, 0.25) is 0 Å². The van der Waals surface area contributed by atoms with Crippen molar-refractivity contribution >= 4 is 32.4 Å². The molecule has 2 aromatic carbocycles. The molecule has 1 nitrogen and oxygen atoms in total. The van der Waals surface area contributed by atoms with Gasteiger partial charge in [-0.1, -0.05) is 65.0 Å². The lowest BCUT2D eigenvalue weighted by molar-refractivity contribution is 0.396. The summed E-state index contributed by atoms with van der Waals surface area (Å²) >= 11 is 1.94. The van der Waals surface area contributed by atoms with Crippen LogP contribution in [0.3, 0.4) is 0 Å². The van der Waals surface area contributed by atoms with Gasteiger partial charge in [0, 0.05) is 20.4 Å². The molecule has 0 radical (unpaired) electrons. The lowest BCUT2D eigenvalue weighted by Gasteiger charge is -2.23. The monoisotopic (exact) mass is 390 g/mol. The highest BCUT2D eigenvalue weighted by atomic mass is 32.1. The molecule has 0 bridgehead atoms. The Labute approximate surface area is 172 Å². The van der Waals surface area contributed by atoms with Crippen molar-refractivity contribution in [2.24, 2.45) is 0 Å². The van der Waals surface area contributed by atoms with Crippen molar-refractivity contribution in [3.8, 4) is 0 Å². The first kappa shape index (κ1) is 19.3. The topological polar surface area (TPSA) is 13.1 Å². The molecule has 4 rings (SSSR count). The Morgan fingerprint density at radius 2 is 1.57 bits per heavy atom. The zero-order chi connectivity index (χ0) is 20.3. The third-order valence-corrected chi connectivity index (χ3v) is 7.48. The third-order valence-electron chi connectivity index (χ3n) is 5.79. The molecule has 0 amide bonds. The van der Waals surface area contributed by atoms with Crippen LogP contribution in [0.4, 0.5) is 0 Å². The summed E-state index contributed by atoms with van der Waals surface area (Å²) in [7, 11) is 0. The van der Waals surface area contributed by atoms with Crippen molar-refractivity contribution in [1.82, 2.24) is 0 Å². The number of aryl methyl sites for hydroxylation is 2. The molecule has 0 N–H and O–H groups in total. The van der Waals surface area contributed by atoms with Crippen molar-refractivity contribution in [3.05, 3.63) is 69.8 Å². The Morgan fingerprint density at radius 1 is 0.857 bits per heavy atom. The second-order valence-electron chi connectivity index (χ2n) is 9.75. The second kappa shape index (κ2) is 6.49. The first-order valence-electron chi connectivity index (χ1n) is 10.1. The SMILES string of the molecule is Cc1c(C(C)(C)Cc2ccc3sc(C(C)(C)C)c(C)c3c2)oc2ccccc12. The number of furan rings is 1. The van der Waals surface area contributed by atoms with E-state index in [1.54, 1.807) is 0 Å². The van der Waals surface area contributed by atoms with E-state index in [2.05, 4.69) is 84.9 Å². The molecule has 0 aliphatic carbocycles. The summed E-state index contributed by atoms with van der Waals surface area (Å²) in [5.74, 6) is 1.10. The van der Waals surface area contributed by atoms with Crippen LogP contribution in [0.15, 0.2) is 46.9 Å². The van der Waals surface area contributed by atoms with Gasteiger partial charge in [-0.25, -0.2) is 0 Å². The maximum absolute atomic E-state index is 6.30. The van der Waals surface area contributed by atoms with Crippen molar-refractivity contribution < 1.29 is 4.42 Å². The van der Waals surface area contributed by atoms with E-state index in [9.17, 15) is 0 Å². The summed E-state index contributed by atoms with van der Waals surface area (Å²) in [5.41, 5.74) is 5.20. The average molecular weight is 391 g/mol. The predicted molar refractivity (Wildman–Crippen MR) is 123 cm³/mol. The summed E-state index contributed by atoms with van der Waals surface area (Å²) in [6.07, 6.45) is 0.962. The van der Waals surface area contributed by atoms with Gasteiger partial charge in [0.2, 0.25) is 0 Å². The Hall–Kier alpha value is -2.06. The van der Waals surface area contributed by atoms with Crippen LogP contribution in [-0.2, 0) is 17.3 Å². The van der Waals surface area contributed by atoms with Crippen LogP contribution in [0.5, 0.6) is 0 Å². The van der Waals surface area contributed by atoms with E-state index in [1.807, 2.05) is 17.4 Å². The van der Waals surface area contributed by atoms with Crippen LogP contribution >= 0.6 is 11.3 Å². The van der Waals surface area contributed by atoms with E-state index in [4.69, 9.17) is 4.42 Å². The number of para-hydroxylation sites is 1. The Morgan fingerprint density at radius 3 is 2.25 bits per heavy atom. The van der Waals surface area contributed by atoms with E-state index >= 15 is 0 Å². The van der Waals surface area contributed by atoms with Crippen LogP contribution in [-0.4, -0.2) is 0 Å². The maximum Gasteiger partial charge on any atom is 0.134 e. The van der Waals surface area contributed by atoms with Gasteiger partial charge in [0.25, 0.3) is 0 Å². The van der Waals surface area contributed by atoms with Crippen molar-refractivity contribution in [1.29, 1.82) is 0 Å². The molecular formula is C26H30OS. The number of rotatable bonds is 3. The molecule has 0 aliphatic rings. The fourth-order valence-corrected chi connectivity index (χ4v) is 5.75. The molecule has 2 heterocycles. The van der Waals surface area contributed by atoms with E-state index in [0.29, 0.717) is 0 Å². The molecule has 0 saturated carbocycles. The van der Waals surface area contributed by atoms with Gasteiger partial charge in [-0.15, -0.1) is 11.3 Å². The van der Waals surface area contributed by atoms with Crippen molar-refractivity contribution in [3.63, 3.8) is 0 Å². The molecule has 146 valence electrons. The minimum Gasteiger partial charge on any atom is -0.460 e. The minimum absolute atomic E-state index is 0.0619. The molecule has 28 heavy (non-hydrogen) atoms. The van der Waals surface area contributed by atoms with Gasteiger partial charge >= 0.3 is 0 Å². The molecule has 2 aromatic heterocycles. The smallest absolute Gasteiger partial charge is 0.134 e. The molecule has 2 heteroatoms. The van der Waals surface area contributed by atoms with Crippen LogP contribution in [0.25, 0.3) is 21.1 Å². The fraction of sp³-hybridized carbons (Fsp3) is 0.385. The normalized spacial score (nSPS) is 13.0. The molecule has 0 unspecified atom stereocenters. The van der Waals surface area contributed by atoms with Gasteiger partial charge in [0.05, 0.1) is 0 Å². The molecule has 0 aliphatic heterocycles. The Balaban J connectivity index is 1.74. The van der Waals surface area contributed by atoms with Gasteiger partial charge in [0.15, 0.2) is 0 Å². The number of hydrogen-bond acceptors (Lipinski definition) is 2. The summed E-state index contributed by atoms with van der Waals surface area (Å²) < 4.78 is 7.69. The van der Waals surface area contributed by atoms with Gasteiger partial charge in [-0.2, -0.15) is 0 Å². The molecule has 0 fully saturated rings. The quantitative estimate of drug-likeness (QED) is 0.344. The lowest BCUT2D eigenvalue weighted by Crippen LogP contribution is -2.20. The lowest BCUT2D eigenvalue weighted by atomic mass is 9.81. The minimum atomic E-state index is -0.0619. The van der Waals surface area contributed by atoms with Crippen LogP contribution in [0.1, 0.15) is 61.9 Å². The fourth-order valence-electron chi connectivity index (χ4n) is 4.50. The van der Waals surface area contributed by atoms with Crippen molar-refractivity contribution in [2.75, 3.05) is 0 Å². The number of hydrogen-bond donors (Lipinski definition) is 0. The Kier molecular flexibility index (Phi) is 4.46. The summed E-state index contributed by atoms with van der Waals surface area (Å²) in [6.45, 7) is 16.0. The third kappa shape index (κ3) is 3.18. The average Bonchev–Trinajstić information content (AvgIpc) is 3.13.